The average Bonchev–Trinajstić information content (AvgIpc) is 2.80. The highest BCUT2D eigenvalue weighted by molar-refractivity contribution is 6.12. The summed E-state index contributed by atoms with van der Waals surface area (Å²) in [7, 11) is 0. The van der Waals surface area contributed by atoms with Gasteiger partial charge in [-0.25, -0.2) is 0 Å². The number of benzene rings is 2. The van der Waals surface area contributed by atoms with Gasteiger partial charge in [-0.2, -0.15) is 0 Å². The van der Waals surface area contributed by atoms with Gasteiger partial charge in [-0.1, -0.05) is 56.2 Å². The van der Waals surface area contributed by atoms with E-state index in [1.165, 1.54) is 12.0 Å². The minimum absolute atomic E-state index is 0.208. The first-order valence-corrected chi connectivity index (χ1v) is 10.5. The predicted octanol–water partition coefficient (Wildman–Crippen LogP) is 5.71. The van der Waals surface area contributed by atoms with E-state index in [1.807, 2.05) is 37.3 Å². The first-order valence-electron chi connectivity index (χ1n) is 10.5. The number of ketones is 1. The Morgan fingerprint density at radius 2 is 1.86 bits per heavy atom. The fourth-order valence-electron chi connectivity index (χ4n) is 3.89. The van der Waals surface area contributed by atoms with E-state index in [1.54, 1.807) is 0 Å². The molecule has 1 aliphatic carbocycles. The number of phenolic OH excluding ortho intramolecular Hbond substituents is 1. The standard InChI is InChI=1S/C25H31NO2/c1-18-12-13-20(16-24(18)27)9-5-3-4-8-14-26-23-17-25(28)22-11-7-6-10-21(22)15-19(23)2/h6-7,10-13,16,19,27H,3-5,8-9,14-15,17H2,1-2H3. The molecule has 0 heterocycles. The van der Waals surface area contributed by atoms with Gasteiger partial charge in [0.2, 0.25) is 0 Å². The van der Waals surface area contributed by atoms with Gasteiger partial charge in [0.05, 0.1) is 0 Å². The van der Waals surface area contributed by atoms with Crippen LogP contribution in [0.3, 0.4) is 0 Å². The summed E-state index contributed by atoms with van der Waals surface area (Å²) in [6, 6.07) is 13.9. The fraction of sp³-hybridized carbons (Fsp3) is 0.440. The van der Waals surface area contributed by atoms with Gasteiger partial charge in [-0.05, 0) is 61.3 Å². The Hall–Kier alpha value is -2.42. The molecule has 0 saturated carbocycles. The van der Waals surface area contributed by atoms with Crippen LogP contribution >= 0.6 is 0 Å². The number of fused-ring (bicyclic) bond motifs is 1. The number of nitrogens with zero attached hydrogens (tertiary/aromatic N) is 1. The van der Waals surface area contributed by atoms with Crippen molar-refractivity contribution in [1.29, 1.82) is 0 Å². The number of aryl methyl sites for hydroxylation is 2. The smallest absolute Gasteiger partial charge is 0.168 e. The van der Waals surface area contributed by atoms with E-state index in [-0.39, 0.29) is 5.78 Å². The van der Waals surface area contributed by atoms with Crippen molar-refractivity contribution in [3.63, 3.8) is 0 Å². The molecule has 0 bridgehead atoms. The van der Waals surface area contributed by atoms with E-state index < -0.39 is 0 Å². The second-order valence-electron chi connectivity index (χ2n) is 8.02. The van der Waals surface area contributed by atoms with Crippen LogP contribution in [0, 0.1) is 12.8 Å². The number of aliphatic imine (C=N–C) groups is 1. The summed E-state index contributed by atoms with van der Waals surface area (Å²) in [6.07, 6.45) is 6.89. The number of hydrogen-bond acceptors (Lipinski definition) is 3. The summed E-state index contributed by atoms with van der Waals surface area (Å²) in [6.45, 7) is 4.92. The highest BCUT2D eigenvalue weighted by Gasteiger charge is 2.23. The minimum Gasteiger partial charge on any atom is -0.508 e. The summed E-state index contributed by atoms with van der Waals surface area (Å²) in [5, 5.41) is 9.78. The van der Waals surface area contributed by atoms with E-state index in [0.717, 1.165) is 61.1 Å². The van der Waals surface area contributed by atoms with E-state index in [9.17, 15) is 9.90 Å². The first kappa shape index (κ1) is 20.3. The molecule has 0 saturated heterocycles. The van der Waals surface area contributed by atoms with Gasteiger partial charge in [-0.3, -0.25) is 9.79 Å². The number of carbonyl (C=O) groups is 1. The summed E-state index contributed by atoms with van der Waals surface area (Å²) in [4.78, 5) is 17.3. The van der Waals surface area contributed by atoms with Crippen LogP contribution in [0.2, 0.25) is 0 Å². The average molecular weight is 378 g/mol. The maximum atomic E-state index is 12.5. The maximum absolute atomic E-state index is 12.5. The number of hydrogen-bond donors (Lipinski definition) is 1. The van der Waals surface area contributed by atoms with Crippen LogP contribution in [0.5, 0.6) is 5.75 Å². The predicted molar refractivity (Wildman–Crippen MR) is 116 cm³/mol. The van der Waals surface area contributed by atoms with Crippen molar-refractivity contribution in [2.24, 2.45) is 10.9 Å². The Morgan fingerprint density at radius 1 is 1.07 bits per heavy atom. The van der Waals surface area contributed by atoms with Gasteiger partial charge >= 0.3 is 0 Å². The number of unbranched alkanes of at least 4 members (excludes halogenated alkanes) is 3. The third-order valence-electron chi connectivity index (χ3n) is 5.72. The van der Waals surface area contributed by atoms with Gasteiger partial charge in [0, 0.05) is 24.2 Å². The van der Waals surface area contributed by atoms with Crippen molar-refractivity contribution in [2.45, 2.75) is 58.8 Å². The first-order chi connectivity index (χ1) is 13.5. The maximum Gasteiger partial charge on any atom is 0.168 e. The van der Waals surface area contributed by atoms with Crippen molar-refractivity contribution < 1.29 is 9.90 Å². The van der Waals surface area contributed by atoms with E-state index in [4.69, 9.17) is 4.99 Å². The van der Waals surface area contributed by atoms with E-state index in [0.29, 0.717) is 18.1 Å². The molecule has 0 amide bonds. The number of carbonyl (C=O) groups excluding carboxylic acids is 1. The zero-order chi connectivity index (χ0) is 19.9. The van der Waals surface area contributed by atoms with Gasteiger partial charge in [0.25, 0.3) is 0 Å². The lowest BCUT2D eigenvalue weighted by Gasteiger charge is -2.11. The Kier molecular flexibility index (Phi) is 7.02. The highest BCUT2D eigenvalue weighted by Crippen LogP contribution is 2.23. The monoisotopic (exact) mass is 377 g/mol. The molecule has 3 nitrogen and oxygen atoms in total. The lowest BCUT2D eigenvalue weighted by atomic mass is 9.97. The molecule has 2 aromatic rings. The third-order valence-corrected chi connectivity index (χ3v) is 5.72. The lowest BCUT2D eigenvalue weighted by Crippen LogP contribution is -2.14. The largest absolute Gasteiger partial charge is 0.508 e. The van der Waals surface area contributed by atoms with Gasteiger partial charge in [0.15, 0.2) is 5.78 Å². The van der Waals surface area contributed by atoms with Crippen LogP contribution in [-0.2, 0) is 12.8 Å². The van der Waals surface area contributed by atoms with Crippen LogP contribution in [-0.4, -0.2) is 23.1 Å². The Morgan fingerprint density at radius 3 is 2.68 bits per heavy atom. The molecule has 0 aliphatic heterocycles. The Bertz CT molecular complexity index is 853. The Labute approximate surface area is 168 Å². The quantitative estimate of drug-likeness (QED) is 0.496. The molecule has 148 valence electrons. The molecule has 1 N–H and O–H groups in total. The number of phenols is 1. The summed E-state index contributed by atoms with van der Waals surface area (Å²) in [5.41, 5.74) is 5.23. The van der Waals surface area contributed by atoms with Gasteiger partial charge in [0.1, 0.15) is 5.75 Å². The van der Waals surface area contributed by atoms with Crippen molar-refractivity contribution in [3.05, 3.63) is 64.7 Å². The summed E-state index contributed by atoms with van der Waals surface area (Å²) >= 11 is 0. The molecule has 0 radical (unpaired) electrons. The number of rotatable bonds is 7. The normalized spacial score (nSPS) is 18.1. The summed E-state index contributed by atoms with van der Waals surface area (Å²) < 4.78 is 0. The number of aromatic hydroxyl groups is 1. The minimum atomic E-state index is 0.208. The van der Waals surface area contributed by atoms with E-state index in [2.05, 4.69) is 19.1 Å². The van der Waals surface area contributed by atoms with Crippen LogP contribution in [0.15, 0.2) is 47.5 Å². The van der Waals surface area contributed by atoms with Crippen LogP contribution in [0.1, 0.15) is 66.1 Å². The topological polar surface area (TPSA) is 49.7 Å². The zero-order valence-corrected chi connectivity index (χ0v) is 17.1. The second kappa shape index (κ2) is 9.68. The molecule has 1 aliphatic rings. The number of Topliss-reactive ketones (excluding diaryl/α,β-unsaturated/α-hetero) is 1. The molecule has 28 heavy (non-hydrogen) atoms. The molecule has 0 aromatic heterocycles. The molecule has 1 atom stereocenters. The van der Waals surface area contributed by atoms with Gasteiger partial charge < -0.3 is 5.11 Å². The third kappa shape index (κ3) is 5.31. The van der Waals surface area contributed by atoms with Crippen LogP contribution in [0.25, 0.3) is 0 Å². The SMILES string of the molecule is Cc1ccc(CCCCCCN=C2CC(=O)c3ccccc3CC2C)cc1O. The van der Waals surface area contributed by atoms with E-state index >= 15 is 0 Å². The molecule has 0 spiro atoms. The molecule has 2 aromatic carbocycles. The molecule has 3 heteroatoms. The highest BCUT2D eigenvalue weighted by atomic mass is 16.3. The molecular formula is C25H31NO2. The molecule has 1 unspecified atom stereocenters. The zero-order valence-electron chi connectivity index (χ0n) is 17.1. The Balaban J connectivity index is 1.41. The van der Waals surface area contributed by atoms with Gasteiger partial charge in [-0.15, -0.1) is 0 Å². The molecular weight excluding hydrogens is 346 g/mol. The lowest BCUT2D eigenvalue weighted by molar-refractivity contribution is 0.100. The summed E-state index contributed by atoms with van der Waals surface area (Å²) in [5.74, 6) is 0.935. The van der Waals surface area contributed by atoms with Crippen molar-refractivity contribution in [2.75, 3.05) is 6.54 Å². The van der Waals surface area contributed by atoms with Crippen molar-refractivity contribution in [3.8, 4) is 5.75 Å². The molecule has 0 fully saturated rings. The molecule has 3 rings (SSSR count). The fourth-order valence-corrected chi connectivity index (χ4v) is 3.89. The van der Waals surface area contributed by atoms with Crippen LogP contribution in [0.4, 0.5) is 0 Å². The second-order valence-corrected chi connectivity index (χ2v) is 8.02. The van der Waals surface area contributed by atoms with Crippen molar-refractivity contribution in [1.82, 2.24) is 0 Å². The van der Waals surface area contributed by atoms with Crippen molar-refractivity contribution >= 4 is 11.5 Å². The van der Waals surface area contributed by atoms with Crippen LogP contribution < -0.4 is 0 Å².